The minimum absolute atomic E-state index is 0.0591. The van der Waals surface area contributed by atoms with Crippen LogP contribution >= 0.6 is 0 Å². The SMILES string of the molecule is CNS(=O)(=O)c1ccc(CCC(=O)NCc2ccc(OC(F)F)cc2)cc1. The third kappa shape index (κ3) is 6.61. The van der Waals surface area contributed by atoms with Crippen molar-refractivity contribution in [2.75, 3.05) is 7.05 Å². The van der Waals surface area contributed by atoms with Gasteiger partial charge in [0.1, 0.15) is 5.75 Å². The zero-order valence-electron chi connectivity index (χ0n) is 14.6. The molecule has 0 heterocycles. The maximum Gasteiger partial charge on any atom is 0.387 e. The number of hydrogen-bond donors (Lipinski definition) is 2. The lowest BCUT2D eigenvalue weighted by atomic mass is 10.1. The van der Waals surface area contributed by atoms with E-state index in [4.69, 9.17) is 0 Å². The van der Waals surface area contributed by atoms with Crippen LogP contribution in [0.1, 0.15) is 17.5 Å². The average molecular weight is 398 g/mol. The minimum atomic E-state index is -3.48. The molecule has 6 nitrogen and oxygen atoms in total. The summed E-state index contributed by atoms with van der Waals surface area (Å²) in [7, 11) is -2.13. The number of rotatable bonds is 9. The largest absolute Gasteiger partial charge is 0.435 e. The van der Waals surface area contributed by atoms with E-state index in [0.717, 1.165) is 11.1 Å². The van der Waals surface area contributed by atoms with E-state index in [1.165, 1.54) is 31.3 Å². The number of alkyl halides is 2. The molecule has 2 aromatic rings. The Bertz CT molecular complexity index is 854. The highest BCUT2D eigenvalue weighted by molar-refractivity contribution is 7.89. The maximum atomic E-state index is 12.1. The molecule has 0 aromatic heterocycles. The highest BCUT2D eigenvalue weighted by Gasteiger charge is 2.11. The van der Waals surface area contributed by atoms with Crippen molar-refractivity contribution in [3.8, 4) is 5.75 Å². The number of sulfonamides is 1. The molecule has 0 bridgehead atoms. The summed E-state index contributed by atoms with van der Waals surface area (Å²) in [5, 5.41) is 2.74. The molecule has 2 rings (SSSR count). The fourth-order valence-electron chi connectivity index (χ4n) is 2.29. The lowest BCUT2D eigenvalue weighted by molar-refractivity contribution is -0.121. The second-order valence-corrected chi connectivity index (χ2v) is 7.54. The second-order valence-electron chi connectivity index (χ2n) is 5.65. The van der Waals surface area contributed by atoms with E-state index in [1.807, 2.05) is 0 Å². The molecule has 27 heavy (non-hydrogen) atoms. The van der Waals surface area contributed by atoms with Crippen LogP contribution in [0, 0.1) is 0 Å². The Hall–Kier alpha value is -2.52. The van der Waals surface area contributed by atoms with E-state index in [-0.39, 0.29) is 29.5 Å². The van der Waals surface area contributed by atoms with Gasteiger partial charge in [-0.3, -0.25) is 4.79 Å². The molecule has 0 atom stereocenters. The summed E-state index contributed by atoms with van der Waals surface area (Å²) < 4.78 is 54.0. The summed E-state index contributed by atoms with van der Waals surface area (Å²) in [6, 6.07) is 12.3. The van der Waals surface area contributed by atoms with Crippen LogP contribution in [0.2, 0.25) is 0 Å². The molecule has 0 fully saturated rings. The standard InChI is InChI=1S/C18H20F2N2O4S/c1-21-27(24,25)16-9-4-13(5-10-16)6-11-17(23)22-12-14-2-7-15(8-3-14)26-18(19)20/h2-5,7-10,18,21H,6,11-12H2,1H3,(H,22,23). The third-order valence-corrected chi connectivity index (χ3v) is 5.21. The Kier molecular flexibility index (Phi) is 7.26. The van der Waals surface area contributed by atoms with Crippen molar-refractivity contribution in [3.05, 3.63) is 59.7 Å². The molecule has 2 aromatic carbocycles. The molecular weight excluding hydrogens is 378 g/mol. The van der Waals surface area contributed by atoms with Crippen molar-refractivity contribution in [1.29, 1.82) is 0 Å². The number of carbonyl (C=O) groups is 1. The highest BCUT2D eigenvalue weighted by atomic mass is 32.2. The molecule has 0 aliphatic rings. The van der Waals surface area contributed by atoms with E-state index in [0.29, 0.717) is 6.42 Å². The maximum absolute atomic E-state index is 12.1. The Morgan fingerprint density at radius 1 is 1.04 bits per heavy atom. The average Bonchev–Trinajstić information content (AvgIpc) is 2.65. The van der Waals surface area contributed by atoms with E-state index in [1.54, 1.807) is 24.3 Å². The smallest absolute Gasteiger partial charge is 0.387 e. The summed E-state index contributed by atoms with van der Waals surface area (Å²) in [6.07, 6.45) is 0.706. The molecular formula is C18H20F2N2O4S. The van der Waals surface area contributed by atoms with Crippen LogP contribution in [0.25, 0.3) is 0 Å². The molecule has 0 aliphatic heterocycles. The number of nitrogens with one attached hydrogen (secondary N) is 2. The van der Waals surface area contributed by atoms with E-state index < -0.39 is 16.6 Å². The van der Waals surface area contributed by atoms with Gasteiger partial charge in [-0.15, -0.1) is 0 Å². The summed E-state index contributed by atoms with van der Waals surface area (Å²) in [5.41, 5.74) is 1.60. The minimum Gasteiger partial charge on any atom is -0.435 e. The van der Waals surface area contributed by atoms with E-state index in [9.17, 15) is 22.0 Å². The van der Waals surface area contributed by atoms with Crippen LogP contribution in [-0.4, -0.2) is 28.0 Å². The summed E-state index contributed by atoms with van der Waals surface area (Å²) in [5.74, 6) is -0.112. The van der Waals surface area contributed by atoms with Gasteiger partial charge in [-0.05, 0) is 48.9 Å². The molecule has 0 radical (unpaired) electrons. The second kappa shape index (κ2) is 9.43. The van der Waals surface area contributed by atoms with E-state index >= 15 is 0 Å². The molecule has 0 saturated carbocycles. The normalized spacial score (nSPS) is 11.4. The summed E-state index contributed by atoms with van der Waals surface area (Å²) in [6.45, 7) is -2.60. The number of hydrogen-bond acceptors (Lipinski definition) is 4. The van der Waals surface area contributed by atoms with Crippen molar-refractivity contribution in [3.63, 3.8) is 0 Å². The highest BCUT2D eigenvalue weighted by Crippen LogP contribution is 2.15. The molecule has 9 heteroatoms. The third-order valence-electron chi connectivity index (χ3n) is 3.78. The monoisotopic (exact) mass is 398 g/mol. The number of ether oxygens (including phenoxy) is 1. The van der Waals surface area contributed by atoms with Crippen LogP contribution in [0.4, 0.5) is 8.78 Å². The van der Waals surface area contributed by atoms with Crippen molar-refractivity contribution in [2.45, 2.75) is 30.9 Å². The molecule has 0 saturated heterocycles. The lowest BCUT2D eigenvalue weighted by Gasteiger charge is -2.08. The molecule has 0 aliphatic carbocycles. The topological polar surface area (TPSA) is 84.5 Å². The van der Waals surface area contributed by atoms with Gasteiger partial charge >= 0.3 is 6.61 Å². The first-order valence-electron chi connectivity index (χ1n) is 8.13. The number of halogens is 2. The summed E-state index contributed by atoms with van der Waals surface area (Å²) >= 11 is 0. The first kappa shape index (κ1) is 20.8. The number of amides is 1. The number of benzene rings is 2. The number of aryl methyl sites for hydroxylation is 1. The molecule has 2 N–H and O–H groups in total. The fraction of sp³-hybridized carbons (Fsp3) is 0.278. The van der Waals surface area contributed by atoms with Crippen molar-refractivity contribution < 1.29 is 26.7 Å². The lowest BCUT2D eigenvalue weighted by Crippen LogP contribution is -2.23. The summed E-state index contributed by atoms with van der Waals surface area (Å²) in [4.78, 5) is 12.1. The predicted octanol–water partition coefficient (Wildman–Crippen LogP) is 2.45. The Labute approximate surface area is 156 Å². The fourth-order valence-corrected chi connectivity index (χ4v) is 3.02. The van der Waals surface area contributed by atoms with E-state index in [2.05, 4.69) is 14.8 Å². The molecule has 1 amide bonds. The van der Waals surface area contributed by atoms with Gasteiger partial charge in [-0.2, -0.15) is 8.78 Å². The Morgan fingerprint density at radius 3 is 2.19 bits per heavy atom. The van der Waals surface area contributed by atoms with Gasteiger partial charge in [-0.1, -0.05) is 24.3 Å². The van der Waals surface area contributed by atoms with Gasteiger partial charge in [-0.25, -0.2) is 13.1 Å². The van der Waals surface area contributed by atoms with Crippen LogP contribution in [0.3, 0.4) is 0 Å². The zero-order valence-corrected chi connectivity index (χ0v) is 15.4. The van der Waals surface area contributed by atoms with Crippen molar-refractivity contribution >= 4 is 15.9 Å². The Morgan fingerprint density at radius 2 is 1.63 bits per heavy atom. The quantitative estimate of drug-likeness (QED) is 0.680. The van der Waals surface area contributed by atoms with Crippen LogP contribution in [0.15, 0.2) is 53.4 Å². The molecule has 0 spiro atoms. The van der Waals surface area contributed by atoms with Crippen molar-refractivity contribution in [2.24, 2.45) is 0 Å². The van der Waals surface area contributed by atoms with Gasteiger partial charge < -0.3 is 10.1 Å². The van der Waals surface area contributed by atoms with Gasteiger partial charge in [0, 0.05) is 13.0 Å². The first-order chi connectivity index (χ1) is 12.8. The van der Waals surface area contributed by atoms with Gasteiger partial charge in [0.2, 0.25) is 15.9 Å². The zero-order chi connectivity index (χ0) is 19.9. The predicted molar refractivity (Wildman–Crippen MR) is 95.9 cm³/mol. The molecule has 146 valence electrons. The van der Waals surface area contributed by atoms with Crippen LogP contribution in [0.5, 0.6) is 5.75 Å². The Balaban J connectivity index is 1.79. The molecule has 0 unspecified atom stereocenters. The van der Waals surface area contributed by atoms with Gasteiger partial charge in [0.25, 0.3) is 0 Å². The first-order valence-corrected chi connectivity index (χ1v) is 9.61. The number of carbonyl (C=O) groups excluding carboxylic acids is 1. The van der Waals surface area contributed by atoms with Crippen LogP contribution in [-0.2, 0) is 27.8 Å². The van der Waals surface area contributed by atoms with Crippen molar-refractivity contribution in [1.82, 2.24) is 10.0 Å². The van der Waals surface area contributed by atoms with Crippen LogP contribution < -0.4 is 14.8 Å². The van der Waals surface area contributed by atoms with Gasteiger partial charge in [0.05, 0.1) is 4.90 Å². The van der Waals surface area contributed by atoms with Gasteiger partial charge in [0.15, 0.2) is 0 Å².